The zero-order valence-corrected chi connectivity index (χ0v) is 30.1. The number of anilines is 1. The van der Waals surface area contributed by atoms with Gasteiger partial charge in [0.1, 0.15) is 6.04 Å². The lowest BCUT2D eigenvalue weighted by atomic mass is 9.84. The number of H-pyrrole nitrogens is 3. The van der Waals surface area contributed by atoms with Crippen molar-refractivity contribution in [1.82, 2.24) is 20.3 Å². The van der Waals surface area contributed by atoms with E-state index in [2.05, 4.69) is 122 Å². The number of rotatable bonds is 4. The molecule has 5 aromatic rings. The Labute approximate surface area is 298 Å². The van der Waals surface area contributed by atoms with Crippen molar-refractivity contribution in [3.63, 3.8) is 0 Å². The molecule has 8 heteroatoms. The summed E-state index contributed by atoms with van der Waals surface area (Å²) in [5.74, 6) is -0.0480. The summed E-state index contributed by atoms with van der Waals surface area (Å²) in [7, 11) is 0. The Morgan fingerprint density at radius 3 is 1.86 bits per heavy atom. The molecule has 0 aliphatic carbocycles. The van der Waals surface area contributed by atoms with Crippen molar-refractivity contribution in [3.8, 4) is 0 Å². The van der Waals surface area contributed by atoms with Gasteiger partial charge in [-0.3, -0.25) is 14.7 Å². The van der Waals surface area contributed by atoms with Gasteiger partial charge >= 0.3 is 0 Å². The highest BCUT2D eigenvalue weighted by Crippen LogP contribution is 2.40. The van der Waals surface area contributed by atoms with E-state index in [-0.39, 0.29) is 22.2 Å². The first-order valence-corrected chi connectivity index (χ1v) is 17.6. The van der Waals surface area contributed by atoms with Crippen LogP contribution in [0.4, 0.5) is 5.69 Å². The van der Waals surface area contributed by atoms with Crippen LogP contribution in [0.25, 0.3) is 5.57 Å². The van der Waals surface area contributed by atoms with Crippen LogP contribution in [0.15, 0.2) is 114 Å². The van der Waals surface area contributed by atoms with Crippen molar-refractivity contribution in [3.05, 3.63) is 154 Å². The molecular weight excluding hydrogens is 637 g/mol. The highest BCUT2D eigenvalue weighted by atomic mass is 32.1. The van der Waals surface area contributed by atoms with Crippen LogP contribution in [0.2, 0.25) is 0 Å². The largest absolute Gasteiger partial charge is 0.361 e. The van der Waals surface area contributed by atoms with Crippen molar-refractivity contribution in [1.29, 1.82) is 0 Å². The van der Waals surface area contributed by atoms with E-state index in [1.807, 2.05) is 42.5 Å². The first kappa shape index (κ1) is 32.0. The third-order valence-electron chi connectivity index (χ3n) is 10.9. The summed E-state index contributed by atoms with van der Waals surface area (Å²) >= 11 is 5.67. The van der Waals surface area contributed by atoms with E-state index in [1.165, 1.54) is 0 Å². The number of benzene rings is 2. The average molecular weight is 679 g/mol. The number of hydrogen-bond acceptors (Lipinski definition) is 3. The Balaban J connectivity index is 1.21. The minimum absolute atomic E-state index is 0.0480. The molecule has 0 radical (unpaired) electrons. The van der Waals surface area contributed by atoms with Gasteiger partial charge < -0.3 is 20.3 Å². The van der Waals surface area contributed by atoms with Crippen LogP contribution < -0.4 is 10.2 Å². The molecule has 8 rings (SSSR count). The minimum Gasteiger partial charge on any atom is -0.361 e. The van der Waals surface area contributed by atoms with Crippen molar-refractivity contribution in [2.24, 2.45) is 4.99 Å². The molecule has 3 aliphatic rings. The molecule has 7 nitrogen and oxygen atoms in total. The third kappa shape index (κ3) is 5.12. The number of hydrogen-bond donors (Lipinski definition) is 4. The van der Waals surface area contributed by atoms with Crippen LogP contribution >= 0.6 is 12.2 Å². The lowest BCUT2D eigenvalue weighted by Gasteiger charge is -2.27. The topological polar surface area (TPSA) is 92.1 Å². The lowest BCUT2D eigenvalue weighted by Crippen LogP contribution is -2.32. The summed E-state index contributed by atoms with van der Waals surface area (Å²) in [5.41, 5.74) is 11.4. The first-order chi connectivity index (χ1) is 23.8. The van der Waals surface area contributed by atoms with Crippen molar-refractivity contribution in [2.75, 3.05) is 4.90 Å². The Hall–Kier alpha value is -5.21. The van der Waals surface area contributed by atoms with Crippen LogP contribution in [0.5, 0.6) is 0 Å². The number of aromatic nitrogens is 3. The molecule has 4 N–H and O–H groups in total. The van der Waals surface area contributed by atoms with E-state index in [4.69, 9.17) is 17.2 Å². The Morgan fingerprint density at radius 1 is 0.680 bits per heavy atom. The van der Waals surface area contributed by atoms with Crippen LogP contribution in [0, 0.1) is 0 Å². The number of aliphatic imine (C=N–C) groups is 1. The van der Waals surface area contributed by atoms with Gasteiger partial charge in [-0.1, -0.05) is 42.5 Å². The standard InChI is InChI=1S/C42H42N6OS/c1-40(2)31-18-16-28(43-31)37(26-12-14-27(15-13-26)48-38(49)30(45-39(48)50)24-25-10-8-7-9-11-25)29-17-19-32(44-29)41(3,4)34-21-23-36(47-34)42(5,6)35-22-20-33(40)46-35/h7-23,30,43,46-47H,24H2,1-6H3,(H,45,50)/b37-29-. The Morgan fingerprint density at radius 2 is 1.24 bits per heavy atom. The molecule has 1 amide bonds. The molecule has 0 saturated carbocycles. The zero-order valence-electron chi connectivity index (χ0n) is 29.3. The Kier molecular flexibility index (Phi) is 7.31. The van der Waals surface area contributed by atoms with E-state index in [9.17, 15) is 4.79 Å². The molecule has 50 heavy (non-hydrogen) atoms. The zero-order chi connectivity index (χ0) is 35.0. The normalized spacial score (nSPS) is 21.8. The average Bonchev–Trinajstić information content (AvgIpc) is 3.93. The maximum atomic E-state index is 13.6. The van der Waals surface area contributed by atoms with E-state index in [0.29, 0.717) is 11.5 Å². The minimum atomic E-state index is -0.402. The van der Waals surface area contributed by atoms with Gasteiger partial charge in [0.05, 0.1) is 17.1 Å². The molecule has 6 heterocycles. The third-order valence-corrected chi connectivity index (χ3v) is 11.2. The van der Waals surface area contributed by atoms with Crippen LogP contribution in [0.3, 0.4) is 0 Å². The van der Waals surface area contributed by atoms with Crippen LogP contribution in [0.1, 0.15) is 86.8 Å². The second kappa shape index (κ2) is 11.4. The number of fused-ring (bicyclic) bond motifs is 7. The maximum Gasteiger partial charge on any atom is 0.256 e. The number of carbonyl (C=O) groups is 1. The van der Waals surface area contributed by atoms with E-state index >= 15 is 0 Å². The van der Waals surface area contributed by atoms with Crippen LogP contribution in [-0.2, 0) is 27.5 Å². The SMILES string of the molecule is CC1(C)C2=N/C(=C(/c3ccc(N4C(=O)C(Cc5ccccc5)NC4=S)cc3)c3ccc([nH]3)C(C)(C)c3ccc([nH]3)C(C)(C)c3ccc1[nH]3)C=C2. The smallest absolute Gasteiger partial charge is 0.256 e. The predicted molar refractivity (Wildman–Crippen MR) is 206 cm³/mol. The van der Waals surface area contributed by atoms with Gasteiger partial charge in [-0.2, -0.15) is 0 Å². The summed E-state index contributed by atoms with van der Waals surface area (Å²) in [4.78, 5) is 31.8. The van der Waals surface area contributed by atoms with Crippen molar-refractivity contribution >= 4 is 40.2 Å². The number of aromatic amines is 3. The number of amides is 1. The van der Waals surface area contributed by atoms with Gasteiger partial charge in [0, 0.05) is 62.4 Å². The molecule has 3 aliphatic heterocycles. The lowest BCUT2D eigenvalue weighted by molar-refractivity contribution is -0.118. The molecule has 1 fully saturated rings. The van der Waals surface area contributed by atoms with Gasteiger partial charge in [0.2, 0.25) is 0 Å². The summed E-state index contributed by atoms with van der Waals surface area (Å²) in [6, 6.07) is 30.8. The number of nitrogens with one attached hydrogen (secondary N) is 4. The van der Waals surface area contributed by atoms with Gasteiger partial charge in [-0.15, -0.1) is 0 Å². The summed E-state index contributed by atoms with van der Waals surface area (Å²) in [6.45, 7) is 13.4. The number of carbonyl (C=O) groups excluding carboxylic acids is 1. The molecule has 252 valence electrons. The molecule has 1 unspecified atom stereocenters. The summed E-state index contributed by atoms with van der Waals surface area (Å²) in [6.07, 6.45) is 4.83. The maximum absolute atomic E-state index is 13.6. The fourth-order valence-corrected chi connectivity index (χ4v) is 7.75. The molecule has 1 saturated heterocycles. The molecule has 2 aromatic carbocycles. The fourth-order valence-electron chi connectivity index (χ4n) is 7.41. The Bertz CT molecular complexity index is 2240. The monoisotopic (exact) mass is 678 g/mol. The number of allylic oxidation sites excluding steroid dienone is 2. The predicted octanol–water partition coefficient (Wildman–Crippen LogP) is 8.22. The quantitative estimate of drug-likeness (QED) is 0.144. The highest BCUT2D eigenvalue weighted by Gasteiger charge is 2.38. The van der Waals surface area contributed by atoms with Gasteiger partial charge in [-0.05, 0) is 126 Å². The van der Waals surface area contributed by atoms with Crippen molar-refractivity contribution in [2.45, 2.75) is 70.3 Å². The first-order valence-electron chi connectivity index (χ1n) is 17.2. The van der Waals surface area contributed by atoms with Gasteiger partial charge in [-0.25, -0.2) is 0 Å². The molecule has 1 atom stereocenters. The van der Waals surface area contributed by atoms with Crippen molar-refractivity contribution < 1.29 is 4.79 Å². The fraction of sp³-hybridized carbons (Fsp3) is 0.262. The van der Waals surface area contributed by atoms with E-state index in [0.717, 1.165) is 68.0 Å². The molecule has 8 bridgehead atoms. The van der Waals surface area contributed by atoms with E-state index < -0.39 is 6.04 Å². The second-order valence-electron chi connectivity index (χ2n) is 15.2. The van der Waals surface area contributed by atoms with Crippen LogP contribution in [-0.4, -0.2) is 37.7 Å². The molecule has 0 spiro atoms. The highest BCUT2D eigenvalue weighted by molar-refractivity contribution is 7.80. The van der Waals surface area contributed by atoms with E-state index in [1.54, 1.807) is 4.90 Å². The number of thiocarbonyl (C=S) groups is 1. The van der Waals surface area contributed by atoms with Gasteiger partial charge in [0.25, 0.3) is 5.91 Å². The summed E-state index contributed by atoms with van der Waals surface area (Å²) < 4.78 is 0. The summed E-state index contributed by atoms with van der Waals surface area (Å²) in [5, 5.41) is 3.66. The molecular formula is C42H42N6OS. The molecule has 3 aromatic heterocycles. The number of nitrogens with zero attached hydrogens (tertiary/aromatic N) is 2. The second-order valence-corrected chi connectivity index (χ2v) is 15.6. The van der Waals surface area contributed by atoms with Gasteiger partial charge in [0.15, 0.2) is 5.11 Å².